The minimum Gasteiger partial charge on any atom is -0.466 e. The molecule has 0 aliphatic carbocycles. The molecule has 6 nitrogen and oxygen atoms in total. The summed E-state index contributed by atoms with van der Waals surface area (Å²) in [7, 11) is 0. The van der Waals surface area contributed by atoms with Crippen LogP contribution >= 0.6 is 11.8 Å². The molecule has 1 aromatic rings. The van der Waals surface area contributed by atoms with E-state index < -0.39 is 0 Å². The minimum absolute atomic E-state index is 0.103. The van der Waals surface area contributed by atoms with Crippen LogP contribution in [0.3, 0.4) is 0 Å². The lowest BCUT2D eigenvalue weighted by Crippen LogP contribution is -2.42. The van der Waals surface area contributed by atoms with Crippen LogP contribution in [-0.4, -0.2) is 54.0 Å². The highest BCUT2D eigenvalue weighted by atomic mass is 32.2. The lowest BCUT2D eigenvalue weighted by molar-refractivity contribution is -0.131. The summed E-state index contributed by atoms with van der Waals surface area (Å²) in [6.45, 7) is 5.82. The fourth-order valence-electron chi connectivity index (χ4n) is 3.15. The maximum absolute atomic E-state index is 12.4. The molecule has 0 bridgehead atoms. The van der Waals surface area contributed by atoms with E-state index in [1.54, 1.807) is 24.8 Å². The number of rotatable bonds is 4. The second-order valence-electron chi connectivity index (χ2n) is 6.24. The maximum Gasteiger partial charge on any atom is 0.254 e. The molecule has 2 N–H and O–H groups in total. The quantitative estimate of drug-likeness (QED) is 0.862. The highest BCUT2D eigenvalue weighted by Gasteiger charge is 2.33. The molecule has 2 saturated heterocycles. The largest absolute Gasteiger partial charge is 0.466 e. The summed E-state index contributed by atoms with van der Waals surface area (Å²) < 4.78 is 5.39. The van der Waals surface area contributed by atoms with Crippen LogP contribution in [0.4, 0.5) is 0 Å². The van der Waals surface area contributed by atoms with E-state index in [1.165, 1.54) is 0 Å². The van der Waals surface area contributed by atoms with Gasteiger partial charge < -0.3 is 20.0 Å². The molecule has 2 atom stereocenters. The Morgan fingerprint density at radius 1 is 1.48 bits per heavy atom. The molecule has 3 rings (SSSR count). The molecule has 0 unspecified atom stereocenters. The first kappa shape index (κ1) is 16.4. The van der Waals surface area contributed by atoms with Crippen molar-refractivity contribution in [3.63, 3.8) is 0 Å². The fraction of sp³-hybridized carbons (Fsp3) is 0.625. The third kappa shape index (κ3) is 3.72. The van der Waals surface area contributed by atoms with Crippen LogP contribution < -0.4 is 10.6 Å². The average Bonchev–Trinajstić information content (AvgIpc) is 3.25. The smallest absolute Gasteiger partial charge is 0.254 e. The molecule has 0 aromatic carbocycles. The summed E-state index contributed by atoms with van der Waals surface area (Å²) in [5.74, 6) is 3.60. The zero-order chi connectivity index (χ0) is 16.4. The number of furan rings is 1. The molecule has 0 saturated carbocycles. The zero-order valence-corrected chi connectivity index (χ0v) is 14.4. The van der Waals surface area contributed by atoms with Crippen LogP contribution in [0.5, 0.6) is 0 Å². The van der Waals surface area contributed by atoms with Gasteiger partial charge in [0, 0.05) is 25.4 Å². The number of hydrogen-bond donors (Lipinski definition) is 2. The summed E-state index contributed by atoms with van der Waals surface area (Å²) in [4.78, 5) is 26.5. The van der Waals surface area contributed by atoms with Crippen LogP contribution in [0.25, 0.3) is 0 Å². The number of carbonyl (C=O) groups excluding carboxylic acids is 2. The Hall–Kier alpha value is -1.47. The van der Waals surface area contributed by atoms with Crippen molar-refractivity contribution in [2.45, 2.75) is 26.3 Å². The van der Waals surface area contributed by atoms with Crippen molar-refractivity contribution in [2.75, 3.05) is 31.3 Å². The van der Waals surface area contributed by atoms with Crippen molar-refractivity contribution < 1.29 is 14.0 Å². The molecule has 23 heavy (non-hydrogen) atoms. The standard InChI is InChI=1S/C16H23N3O3S/c1-10-5-13(11(2)22-10)15(20)18-8-12-6-14(17-7-12)16(21)19-3-4-23-9-19/h5,12,14,17H,3-4,6-9H2,1-2H3,(H,18,20)/t12-,14-/m0/s1. The second-order valence-corrected chi connectivity index (χ2v) is 7.31. The molecule has 2 fully saturated rings. The third-order valence-corrected chi connectivity index (χ3v) is 5.39. The van der Waals surface area contributed by atoms with Crippen LogP contribution in [0.1, 0.15) is 28.3 Å². The van der Waals surface area contributed by atoms with Crippen molar-refractivity contribution in [3.05, 3.63) is 23.2 Å². The van der Waals surface area contributed by atoms with E-state index in [4.69, 9.17) is 4.42 Å². The van der Waals surface area contributed by atoms with E-state index in [2.05, 4.69) is 10.6 Å². The third-order valence-electron chi connectivity index (χ3n) is 4.42. The SMILES string of the molecule is Cc1cc(C(=O)NC[C@@H]2CN[C@H](C(=O)N3CCSC3)C2)c(C)o1. The number of carbonyl (C=O) groups is 2. The minimum atomic E-state index is -0.106. The van der Waals surface area contributed by atoms with Crippen LogP contribution in [0, 0.1) is 19.8 Å². The van der Waals surface area contributed by atoms with Gasteiger partial charge in [0.2, 0.25) is 5.91 Å². The van der Waals surface area contributed by atoms with Crippen molar-refractivity contribution in [2.24, 2.45) is 5.92 Å². The Balaban J connectivity index is 1.47. The van der Waals surface area contributed by atoms with E-state index in [1.807, 2.05) is 11.8 Å². The van der Waals surface area contributed by atoms with Crippen molar-refractivity contribution in [1.82, 2.24) is 15.5 Å². The van der Waals surface area contributed by atoms with Gasteiger partial charge in [-0.1, -0.05) is 0 Å². The van der Waals surface area contributed by atoms with Crippen molar-refractivity contribution >= 4 is 23.6 Å². The summed E-state index contributed by atoms with van der Waals surface area (Å²) in [5.41, 5.74) is 0.593. The Morgan fingerprint density at radius 3 is 2.96 bits per heavy atom. The summed E-state index contributed by atoms with van der Waals surface area (Å²) >= 11 is 1.80. The van der Waals surface area contributed by atoms with Gasteiger partial charge in [-0.3, -0.25) is 9.59 Å². The van der Waals surface area contributed by atoms with E-state index in [9.17, 15) is 9.59 Å². The zero-order valence-electron chi connectivity index (χ0n) is 13.6. The number of amides is 2. The first-order chi connectivity index (χ1) is 11.0. The van der Waals surface area contributed by atoms with E-state index in [0.717, 1.165) is 36.9 Å². The van der Waals surface area contributed by atoms with Gasteiger partial charge in [-0.25, -0.2) is 0 Å². The molecule has 2 aliphatic heterocycles. The van der Waals surface area contributed by atoms with E-state index >= 15 is 0 Å². The monoisotopic (exact) mass is 337 g/mol. The Morgan fingerprint density at radius 2 is 2.30 bits per heavy atom. The Kier molecular flexibility index (Phi) is 4.96. The first-order valence-electron chi connectivity index (χ1n) is 7.99. The topological polar surface area (TPSA) is 74.6 Å². The lowest BCUT2D eigenvalue weighted by atomic mass is 10.0. The molecule has 2 amide bonds. The van der Waals surface area contributed by atoms with E-state index in [0.29, 0.717) is 17.9 Å². The van der Waals surface area contributed by atoms with Crippen LogP contribution in [-0.2, 0) is 4.79 Å². The second kappa shape index (κ2) is 6.97. The molecule has 2 aliphatic rings. The molecule has 0 spiro atoms. The molecular weight excluding hydrogens is 314 g/mol. The number of hydrogen-bond acceptors (Lipinski definition) is 5. The number of nitrogens with one attached hydrogen (secondary N) is 2. The van der Waals surface area contributed by atoms with Gasteiger partial charge in [0.1, 0.15) is 11.5 Å². The van der Waals surface area contributed by atoms with Gasteiger partial charge >= 0.3 is 0 Å². The molecule has 0 radical (unpaired) electrons. The Labute approximate surface area is 140 Å². The van der Waals surface area contributed by atoms with Crippen molar-refractivity contribution in [1.29, 1.82) is 0 Å². The van der Waals surface area contributed by atoms with E-state index in [-0.39, 0.29) is 23.8 Å². The molecular formula is C16H23N3O3S. The van der Waals surface area contributed by atoms with Gasteiger partial charge in [0.25, 0.3) is 5.91 Å². The molecule has 3 heterocycles. The van der Waals surface area contributed by atoms with Gasteiger partial charge in [-0.05, 0) is 32.3 Å². The number of nitrogens with zero attached hydrogens (tertiary/aromatic N) is 1. The first-order valence-corrected chi connectivity index (χ1v) is 9.15. The normalized spacial score (nSPS) is 24.2. The highest BCUT2D eigenvalue weighted by Crippen LogP contribution is 2.20. The molecule has 1 aromatic heterocycles. The summed E-state index contributed by atoms with van der Waals surface area (Å²) in [6, 6.07) is 1.66. The summed E-state index contributed by atoms with van der Waals surface area (Å²) in [6.07, 6.45) is 0.781. The van der Waals surface area contributed by atoms with Gasteiger partial charge in [-0.15, -0.1) is 11.8 Å². The van der Waals surface area contributed by atoms with Crippen LogP contribution in [0.2, 0.25) is 0 Å². The fourth-order valence-corrected chi connectivity index (χ4v) is 4.10. The molecule has 7 heteroatoms. The maximum atomic E-state index is 12.4. The van der Waals surface area contributed by atoms with Gasteiger partial charge in [0.05, 0.1) is 17.5 Å². The summed E-state index contributed by atoms with van der Waals surface area (Å²) in [5, 5.41) is 6.25. The predicted octanol–water partition coefficient (Wildman–Crippen LogP) is 1.14. The number of thioether (sulfide) groups is 1. The predicted molar refractivity (Wildman–Crippen MR) is 89.5 cm³/mol. The van der Waals surface area contributed by atoms with Gasteiger partial charge in [0.15, 0.2) is 0 Å². The molecule has 126 valence electrons. The highest BCUT2D eigenvalue weighted by molar-refractivity contribution is 7.99. The average molecular weight is 337 g/mol. The lowest BCUT2D eigenvalue weighted by Gasteiger charge is -2.19. The Bertz CT molecular complexity index is 595. The van der Waals surface area contributed by atoms with Gasteiger partial charge in [-0.2, -0.15) is 0 Å². The number of aryl methyl sites for hydroxylation is 2. The van der Waals surface area contributed by atoms with Crippen molar-refractivity contribution in [3.8, 4) is 0 Å². The van der Waals surface area contributed by atoms with Crippen LogP contribution in [0.15, 0.2) is 10.5 Å².